The van der Waals surface area contributed by atoms with E-state index in [-0.39, 0.29) is 23.3 Å². The zero-order chi connectivity index (χ0) is 22.7. The summed E-state index contributed by atoms with van der Waals surface area (Å²) in [5.74, 6) is -2.36. The van der Waals surface area contributed by atoms with E-state index in [2.05, 4.69) is 18.8 Å². The molecule has 3 rings (SSSR count). The van der Waals surface area contributed by atoms with Crippen molar-refractivity contribution >= 4 is 16.0 Å². The summed E-state index contributed by atoms with van der Waals surface area (Å²) in [4.78, 5) is 12.9. The first-order valence-corrected chi connectivity index (χ1v) is 10.8. The van der Waals surface area contributed by atoms with Crippen LogP contribution in [0.5, 0.6) is 0 Å². The van der Waals surface area contributed by atoms with Gasteiger partial charge in [0, 0.05) is 33.0 Å². The third-order valence-electron chi connectivity index (χ3n) is 4.57. The molecule has 0 unspecified atom stereocenters. The topological polar surface area (TPSA) is 111 Å². The minimum Gasteiger partial charge on any atom is -0.475 e. The normalized spacial score (nSPS) is 25.0. The van der Waals surface area contributed by atoms with Crippen LogP contribution in [0.25, 0.3) is 0 Å². The molecule has 1 aromatic rings. The van der Waals surface area contributed by atoms with Crippen molar-refractivity contribution in [3.8, 4) is 0 Å². The molecule has 2 aliphatic rings. The molecule has 13 heteroatoms. The van der Waals surface area contributed by atoms with E-state index in [1.54, 1.807) is 11.6 Å². The van der Waals surface area contributed by atoms with Gasteiger partial charge in [0.1, 0.15) is 6.10 Å². The maximum absolute atomic E-state index is 12.9. The van der Waals surface area contributed by atoms with Crippen molar-refractivity contribution in [2.24, 2.45) is 13.0 Å². The average Bonchev–Trinajstić information content (AvgIpc) is 3.24. The summed E-state index contributed by atoms with van der Waals surface area (Å²) in [7, 11) is -1.86. The Labute approximate surface area is 172 Å². The van der Waals surface area contributed by atoms with Gasteiger partial charge in [-0.3, -0.25) is 0 Å². The minimum absolute atomic E-state index is 0.0915. The van der Waals surface area contributed by atoms with E-state index in [0.29, 0.717) is 25.7 Å². The van der Waals surface area contributed by atoms with E-state index in [1.165, 1.54) is 16.8 Å². The van der Waals surface area contributed by atoms with E-state index in [4.69, 9.17) is 19.4 Å². The van der Waals surface area contributed by atoms with Crippen molar-refractivity contribution in [3.05, 3.63) is 12.5 Å². The lowest BCUT2D eigenvalue weighted by Crippen LogP contribution is -2.44. The summed E-state index contributed by atoms with van der Waals surface area (Å²) in [6, 6.07) is -0.159. The Morgan fingerprint density at radius 3 is 2.57 bits per heavy atom. The number of carbonyl (C=O) groups is 1. The number of aryl methyl sites for hydroxylation is 1. The number of imidazole rings is 1. The van der Waals surface area contributed by atoms with Crippen LogP contribution < -0.4 is 0 Å². The Morgan fingerprint density at radius 1 is 1.43 bits per heavy atom. The summed E-state index contributed by atoms with van der Waals surface area (Å²) in [5.41, 5.74) is 0. The van der Waals surface area contributed by atoms with Crippen molar-refractivity contribution in [3.63, 3.8) is 0 Å². The molecule has 1 aromatic heterocycles. The van der Waals surface area contributed by atoms with Crippen molar-refractivity contribution in [2.45, 2.75) is 56.1 Å². The Bertz CT molecular complexity index is 827. The summed E-state index contributed by atoms with van der Waals surface area (Å²) in [5, 5.41) is 7.22. The SMILES string of the molecule is CC(C)CO[C@H]1CN(S(=O)(=O)c2cn(C)cn2)[C@@H]2CCCO[C@H]12.O=C(O)C(F)(F)F. The number of sulfonamides is 1. The van der Waals surface area contributed by atoms with Gasteiger partial charge in [0.25, 0.3) is 10.0 Å². The highest BCUT2D eigenvalue weighted by Gasteiger charge is 2.50. The summed E-state index contributed by atoms with van der Waals surface area (Å²) >= 11 is 0. The van der Waals surface area contributed by atoms with Gasteiger partial charge >= 0.3 is 12.1 Å². The smallest absolute Gasteiger partial charge is 0.475 e. The highest BCUT2D eigenvalue weighted by Crippen LogP contribution is 2.34. The number of carboxylic acid groups (broad SMARTS) is 1. The molecule has 0 radical (unpaired) electrons. The predicted molar refractivity (Wildman–Crippen MR) is 98.1 cm³/mol. The van der Waals surface area contributed by atoms with Crippen LogP contribution in [0.2, 0.25) is 0 Å². The van der Waals surface area contributed by atoms with Crippen molar-refractivity contribution in [1.29, 1.82) is 0 Å². The Balaban J connectivity index is 0.000000396. The van der Waals surface area contributed by atoms with Crippen LogP contribution in [0.1, 0.15) is 26.7 Å². The molecule has 9 nitrogen and oxygen atoms in total. The van der Waals surface area contributed by atoms with Gasteiger partial charge in [-0.05, 0) is 18.8 Å². The second-order valence-electron chi connectivity index (χ2n) is 7.57. The molecule has 2 saturated heterocycles. The fraction of sp³-hybridized carbons (Fsp3) is 0.765. The van der Waals surface area contributed by atoms with Gasteiger partial charge < -0.3 is 19.1 Å². The molecule has 0 aliphatic carbocycles. The molecular formula is C17H26F3N3O6S. The van der Waals surface area contributed by atoms with Gasteiger partial charge in [-0.25, -0.2) is 18.2 Å². The summed E-state index contributed by atoms with van der Waals surface area (Å²) < 4.78 is 72.6. The number of rotatable bonds is 5. The fourth-order valence-electron chi connectivity index (χ4n) is 3.25. The first-order chi connectivity index (χ1) is 13.8. The quantitative estimate of drug-likeness (QED) is 0.716. The number of aliphatic carboxylic acids is 1. The number of hydrogen-bond donors (Lipinski definition) is 1. The largest absolute Gasteiger partial charge is 0.490 e. The number of hydrogen-bond acceptors (Lipinski definition) is 6. The number of carboxylic acids is 1. The number of nitrogens with zero attached hydrogens (tertiary/aromatic N) is 3. The number of alkyl halides is 3. The molecule has 0 aromatic carbocycles. The van der Waals surface area contributed by atoms with Gasteiger partial charge in [0.2, 0.25) is 0 Å². The molecule has 0 saturated carbocycles. The van der Waals surface area contributed by atoms with E-state index in [9.17, 15) is 21.6 Å². The first-order valence-electron chi connectivity index (χ1n) is 9.37. The average molecular weight is 457 g/mol. The van der Waals surface area contributed by atoms with Gasteiger partial charge in [0.15, 0.2) is 5.03 Å². The van der Waals surface area contributed by atoms with E-state index in [0.717, 1.165) is 12.8 Å². The third-order valence-corrected chi connectivity index (χ3v) is 6.35. The second kappa shape index (κ2) is 9.62. The lowest BCUT2D eigenvalue weighted by Gasteiger charge is -2.31. The Kier molecular flexibility index (Phi) is 7.88. The van der Waals surface area contributed by atoms with Crippen LogP contribution in [-0.4, -0.2) is 77.5 Å². The molecule has 0 spiro atoms. The maximum atomic E-state index is 12.9. The molecule has 1 N–H and O–H groups in total. The lowest BCUT2D eigenvalue weighted by atomic mass is 10.0. The standard InChI is InChI=1S/C15H25N3O4S.C2HF3O2/c1-11(2)9-22-13-7-18(12-5-4-6-21-15(12)13)23(19,20)14-8-17(3)10-16-14;3-2(4,5)1(6)7/h8,10-13,15H,4-7,9H2,1-3H3;(H,6,7)/t12-,13+,15+;/m1./s1. The zero-order valence-corrected chi connectivity index (χ0v) is 17.7. The van der Waals surface area contributed by atoms with Crippen molar-refractivity contribution in [2.75, 3.05) is 19.8 Å². The number of aromatic nitrogens is 2. The third kappa shape index (κ3) is 5.93. The molecule has 30 heavy (non-hydrogen) atoms. The van der Waals surface area contributed by atoms with Crippen LogP contribution in [-0.2, 0) is 31.3 Å². The zero-order valence-electron chi connectivity index (χ0n) is 16.9. The van der Waals surface area contributed by atoms with Crippen molar-refractivity contribution in [1.82, 2.24) is 13.9 Å². The highest BCUT2D eigenvalue weighted by molar-refractivity contribution is 7.89. The number of halogens is 3. The fourth-order valence-corrected chi connectivity index (χ4v) is 4.89. The van der Waals surface area contributed by atoms with Gasteiger partial charge in [-0.2, -0.15) is 17.5 Å². The molecule has 0 bridgehead atoms. The minimum atomic E-state index is -5.08. The molecule has 2 aliphatic heterocycles. The van der Waals surface area contributed by atoms with Gasteiger partial charge in [0.05, 0.1) is 18.5 Å². The lowest BCUT2D eigenvalue weighted by molar-refractivity contribution is -0.192. The summed E-state index contributed by atoms with van der Waals surface area (Å²) in [6.07, 6.45) is -0.756. The van der Waals surface area contributed by atoms with E-state index in [1.807, 2.05) is 0 Å². The van der Waals surface area contributed by atoms with Crippen molar-refractivity contribution < 1.29 is 41.0 Å². The molecule has 172 valence electrons. The first kappa shape index (κ1) is 24.6. The van der Waals surface area contributed by atoms with Gasteiger partial charge in [-0.1, -0.05) is 13.8 Å². The highest BCUT2D eigenvalue weighted by atomic mass is 32.2. The predicted octanol–water partition coefficient (Wildman–Crippen LogP) is 1.65. The van der Waals surface area contributed by atoms with Crippen LogP contribution in [0, 0.1) is 5.92 Å². The molecule has 2 fully saturated rings. The maximum Gasteiger partial charge on any atom is 0.490 e. The number of fused-ring (bicyclic) bond motifs is 1. The number of ether oxygens (including phenoxy) is 2. The Hall–Kier alpha value is -1.70. The van der Waals surface area contributed by atoms with Crippen LogP contribution in [0.3, 0.4) is 0 Å². The molecular weight excluding hydrogens is 431 g/mol. The van der Waals surface area contributed by atoms with Crippen LogP contribution in [0.4, 0.5) is 13.2 Å². The summed E-state index contributed by atoms with van der Waals surface area (Å²) in [6.45, 7) is 5.77. The van der Waals surface area contributed by atoms with E-state index >= 15 is 0 Å². The van der Waals surface area contributed by atoms with E-state index < -0.39 is 22.2 Å². The second-order valence-corrected chi connectivity index (χ2v) is 9.40. The molecule has 3 atom stereocenters. The molecule has 3 heterocycles. The molecule has 0 amide bonds. The van der Waals surface area contributed by atoms with Crippen LogP contribution >= 0.6 is 0 Å². The van der Waals surface area contributed by atoms with Crippen LogP contribution in [0.15, 0.2) is 17.6 Å². The van der Waals surface area contributed by atoms with Gasteiger partial charge in [-0.15, -0.1) is 0 Å². The Morgan fingerprint density at radius 2 is 2.07 bits per heavy atom. The monoisotopic (exact) mass is 457 g/mol.